The molecule has 0 aliphatic rings. The quantitative estimate of drug-likeness (QED) is 0.884. The summed E-state index contributed by atoms with van der Waals surface area (Å²) in [5.41, 5.74) is 1.76. The second-order valence-corrected chi connectivity index (χ2v) is 4.22. The molecule has 0 aliphatic heterocycles. The number of hydrogen-bond acceptors (Lipinski definition) is 2. The lowest BCUT2D eigenvalue weighted by Crippen LogP contribution is -2.12. The van der Waals surface area contributed by atoms with Gasteiger partial charge < -0.3 is 5.32 Å². The number of halogens is 1. The number of carbonyl (C=O) groups excluding carboxylic acids is 1. The first kappa shape index (κ1) is 11.9. The van der Waals surface area contributed by atoms with Gasteiger partial charge in [-0.2, -0.15) is 5.10 Å². The van der Waals surface area contributed by atoms with E-state index in [4.69, 9.17) is 0 Å². The van der Waals surface area contributed by atoms with Crippen molar-refractivity contribution in [1.82, 2.24) is 9.78 Å². The number of alkyl halides is 1. The zero-order valence-electron chi connectivity index (χ0n) is 9.35. The Morgan fingerprint density at radius 3 is 2.59 bits per heavy atom. The molecule has 0 radical (unpaired) electrons. The third-order valence-corrected chi connectivity index (χ3v) is 2.97. The molecule has 4 nitrogen and oxygen atoms in total. The summed E-state index contributed by atoms with van der Waals surface area (Å²) in [6.07, 6.45) is 1.78. The lowest BCUT2D eigenvalue weighted by atomic mass is 10.1. The van der Waals surface area contributed by atoms with E-state index in [-0.39, 0.29) is 5.91 Å². The highest BCUT2D eigenvalue weighted by molar-refractivity contribution is 9.08. The number of anilines is 1. The average Bonchev–Trinajstić information content (AvgIpc) is 2.75. The molecule has 0 fully saturated rings. The highest BCUT2D eigenvalue weighted by Gasteiger charge is 2.07. The normalized spacial score (nSPS) is 10.2. The van der Waals surface area contributed by atoms with Gasteiger partial charge in [0.15, 0.2) is 5.82 Å². The molecule has 17 heavy (non-hydrogen) atoms. The van der Waals surface area contributed by atoms with Gasteiger partial charge in [0, 0.05) is 30.2 Å². The second-order valence-electron chi connectivity index (χ2n) is 3.66. The molecule has 1 N–H and O–H groups in total. The molecule has 0 saturated carbocycles. The smallest absolute Gasteiger partial charge is 0.256 e. The Kier molecular flexibility index (Phi) is 3.58. The standard InChI is InChI=1S/C12H12BrN3O/c1-16-7-6-11(15-16)14-12(17)10-4-2-9(8-13)3-5-10/h2-7H,8H2,1H3,(H,14,15,17). The van der Waals surface area contributed by atoms with Crippen LogP contribution in [-0.4, -0.2) is 15.7 Å². The Morgan fingerprint density at radius 1 is 1.35 bits per heavy atom. The van der Waals surface area contributed by atoms with Crippen LogP contribution in [0.15, 0.2) is 36.5 Å². The van der Waals surface area contributed by atoms with Crippen LogP contribution in [0.4, 0.5) is 5.82 Å². The molecule has 2 aromatic rings. The van der Waals surface area contributed by atoms with E-state index in [1.807, 2.05) is 12.1 Å². The average molecular weight is 294 g/mol. The van der Waals surface area contributed by atoms with Gasteiger partial charge >= 0.3 is 0 Å². The molecule has 1 aromatic heterocycles. The third-order valence-electron chi connectivity index (χ3n) is 2.33. The Balaban J connectivity index is 2.09. The van der Waals surface area contributed by atoms with E-state index in [2.05, 4.69) is 26.3 Å². The Labute approximate surface area is 108 Å². The van der Waals surface area contributed by atoms with Crippen molar-refractivity contribution in [2.24, 2.45) is 7.05 Å². The minimum Gasteiger partial charge on any atom is -0.305 e. The van der Waals surface area contributed by atoms with Crippen LogP contribution in [0.2, 0.25) is 0 Å². The summed E-state index contributed by atoms with van der Waals surface area (Å²) in [7, 11) is 1.81. The molecule has 1 aromatic carbocycles. The number of rotatable bonds is 3. The van der Waals surface area contributed by atoms with Gasteiger partial charge in [0.2, 0.25) is 0 Å². The van der Waals surface area contributed by atoms with Crippen LogP contribution in [0.3, 0.4) is 0 Å². The summed E-state index contributed by atoms with van der Waals surface area (Å²) >= 11 is 3.36. The van der Waals surface area contributed by atoms with Crippen molar-refractivity contribution in [2.45, 2.75) is 5.33 Å². The fraction of sp³-hybridized carbons (Fsp3) is 0.167. The number of hydrogen-bond donors (Lipinski definition) is 1. The zero-order chi connectivity index (χ0) is 12.3. The van der Waals surface area contributed by atoms with E-state index in [1.165, 1.54) is 0 Å². The van der Waals surface area contributed by atoms with Crippen molar-refractivity contribution >= 4 is 27.7 Å². The summed E-state index contributed by atoms with van der Waals surface area (Å²) < 4.78 is 1.64. The van der Waals surface area contributed by atoms with Gasteiger partial charge in [0.1, 0.15) is 0 Å². The van der Waals surface area contributed by atoms with Crippen molar-refractivity contribution in [3.05, 3.63) is 47.7 Å². The molecule has 0 aliphatic carbocycles. The SMILES string of the molecule is Cn1ccc(NC(=O)c2ccc(CBr)cc2)n1. The van der Waals surface area contributed by atoms with Crippen LogP contribution in [0.25, 0.3) is 0 Å². The topological polar surface area (TPSA) is 46.9 Å². The van der Waals surface area contributed by atoms with Crippen molar-refractivity contribution in [1.29, 1.82) is 0 Å². The maximum atomic E-state index is 11.9. The Morgan fingerprint density at radius 2 is 2.06 bits per heavy atom. The number of benzene rings is 1. The van der Waals surface area contributed by atoms with Crippen LogP contribution in [0.1, 0.15) is 15.9 Å². The minimum absolute atomic E-state index is 0.148. The van der Waals surface area contributed by atoms with Crippen molar-refractivity contribution < 1.29 is 4.79 Å². The van der Waals surface area contributed by atoms with E-state index in [9.17, 15) is 4.79 Å². The van der Waals surface area contributed by atoms with Crippen LogP contribution < -0.4 is 5.32 Å². The minimum atomic E-state index is -0.148. The maximum Gasteiger partial charge on any atom is 0.256 e. The van der Waals surface area contributed by atoms with Gasteiger partial charge in [-0.05, 0) is 17.7 Å². The maximum absolute atomic E-state index is 11.9. The molecule has 0 unspecified atom stereocenters. The lowest BCUT2D eigenvalue weighted by Gasteiger charge is -2.02. The molecule has 88 valence electrons. The molecule has 0 atom stereocenters. The van der Waals surface area contributed by atoms with E-state index in [0.29, 0.717) is 11.4 Å². The molecule has 0 spiro atoms. The van der Waals surface area contributed by atoms with Gasteiger partial charge in [0.05, 0.1) is 0 Å². The van der Waals surface area contributed by atoms with Gasteiger partial charge in [-0.15, -0.1) is 0 Å². The lowest BCUT2D eigenvalue weighted by molar-refractivity contribution is 0.102. The van der Waals surface area contributed by atoms with Crippen molar-refractivity contribution in [2.75, 3.05) is 5.32 Å². The molecule has 2 rings (SSSR count). The molecular weight excluding hydrogens is 282 g/mol. The summed E-state index contributed by atoms with van der Waals surface area (Å²) in [5.74, 6) is 0.409. The number of nitrogens with one attached hydrogen (secondary N) is 1. The van der Waals surface area contributed by atoms with E-state index < -0.39 is 0 Å². The fourth-order valence-electron chi connectivity index (χ4n) is 1.42. The first-order chi connectivity index (χ1) is 8.19. The van der Waals surface area contributed by atoms with E-state index in [0.717, 1.165) is 10.9 Å². The summed E-state index contributed by atoms with van der Waals surface area (Å²) in [5, 5.41) is 7.61. The second kappa shape index (κ2) is 5.14. The number of nitrogens with zero attached hydrogens (tertiary/aromatic N) is 2. The third kappa shape index (κ3) is 2.94. The van der Waals surface area contributed by atoms with Crippen LogP contribution in [-0.2, 0) is 12.4 Å². The molecular formula is C12H12BrN3O. The van der Waals surface area contributed by atoms with Gasteiger partial charge in [-0.1, -0.05) is 28.1 Å². The van der Waals surface area contributed by atoms with Gasteiger partial charge in [-0.3, -0.25) is 9.48 Å². The number of amides is 1. The predicted octanol–water partition coefficient (Wildman–Crippen LogP) is 2.57. The highest BCUT2D eigenvalue weighted by Crippen LogP contribution is 2.10. The Bertz CT molecular complexity index is 519. The largest absolute Gasteiger partial charge is 0.305 e. The first-order valence-corrected chi connectivity index (χ1v) is 6.27. The van der Waals surface area contributed by atoms with Crippen molar-refractivity contribution in [3.8, 4) is 0 Å². The summed E-state index contributed by atoms with van der Waals surface area (Å²) in [4.78, 5) is 11.9. The monoisotopic (exact) mass is 293 g/mol. The van der Waals surface area contributed by atoms with Crippen LogP contribution >= 0.6 is 15.9 Å². The summed E-state index contributed by atoms with van der Waals surface area (Å²) in [6.45, 7) is 0. The van der Waals surface area contributed by atoms with E-state index in [1.54, 1.807) is 36.1 Å². The zero-order valence-corrected chi connectivity index (χ0v) is 10.9. The van der Waals surface area contributed by atoms with Crippen LogP contribution in [0.5, 0.6) is 0 Å². The number of carbonyl (C=O) groups is 1. The fourth-order valence-corrected chi connectivity index (χ4v) is 1.79. The number of aromatic nitrogens is 2. The number of aryl methyl sites for hydroxylation is 1. The van der Waals surface area contributed by atoms with Crippen LogP contribution in [0, 0.1) is 0 Å². The molecule has 0 bridgehead atoms. The Hall–Kier alpha value is -1.62. The van der Waals surface area contributed by atoms with Crippen molar-refractivity contribution in [3.63, 3.8) is 0 Å². The first-order valence-electron chi connectivity index (χ1n) is 5.15. The molecule has 1 amide bonds. The highest BCUT2D eigenvalue weighted by atomic mass is 79.9. The molecule has 1 heterocycles. The molecule has 0 saturated heterocycles. The van der Waals surface area contributed by atoms with E-state index >= 15 is 0 Å². The molecule has 5 heteroatoms. The van der Waals surface area contributed by atoms with Gasteiger partial charge in [-0.25, -0.2) is 0 Å². The predicted molar refractivity (Wildman–Crippen MR) is 70.2 cm³/mol. The summed E-state index contributed by atoms with van der Waals surface area (Å²) in [6, 6.07) is 9.19. The van der Waals surface area contributed by atoms with Gasteiger partial charge in [0.25, 0.3) is 5.91 Å².